The molecule has 0 radical (unpaired) electrons. The van der Waals surface area contributed by atoms with Crippen LogP contribution in [0.5, 0.6) is 0 Å². The maximum Gasteiger partial charge on any atom is 0.416 e. The van der Waals surface area contributed by atoms with Gasteiger partial charge in [-0.2, -0.15) is 18.4 Å². The van der Waals surface area contributed by atoms with Gasteiger partial charge in [0.15, 0.2) is 5.65 Å². The summed E-state index contributed by atoms with van der Waals surface area (Å²) < 4.78 is 42.4. The standard InChI is InChI=1S/C22H20Br2F3N5/c1-11-12(2)32(19-16(23)7-15(8-17(19)24)22(25,26)27)21-18(11)20(29-13(3)30-21)31-6-4-5-14(9-28)10-31/h7-8,14H,4-6,10H2,1-3H3. The number of fused-ring (bicyclic) bond motifs is 1. The number of benzene rings is 1. The Bertz CT molecular complexity index is 1240. The molecular weight excluding hydrogens is 551 g/mol. The number of piperidine rings is 1. The fourth-order valence-electron chi connectivity index (χ4n) is 4.27. The van der Waals surface area contributed by atoms with Crippen molar-refractivity contribution in [1.82, 2.24) is 14.5 Å². The average Bonchev–Trinajstić information content (AvgIpc) is 2.97. The topological polar surface area (TPSA) is 57.7 Å². The van der Waals surface area contributed by atoms with Gasteiger partial charge in [-0.15, -0.1) is 0 Å². The predicted octanol–water partition coefficient (Wildman–Crippen LogP) is 6.63. The number of nitriles is 1. The van der Waals surface area contributed by atoms with Crippen LogP contribution in [0.15, 0.2) is 21.1 Å². The highest BCUT2D eigenvalue weighted by atomic mass is 79.9. The van der Waals surface area contributed by atoms with Crippen LogP contribution in [0.1, 0.15) is 35.5 Å². The third-order valence-electron chi connectivity index (χ3n) is 5.92. The molecule has 0 aliphatic carbocycles. The molecule has 1 unspecified atom stereocenters. The second-order valence-corrected chi connectivity index (χ2v) is 9.75. The first-order chi connectivity index (χ1) is 15.0. The summed E-state index contributed by atoms with van der Waals surface area (Å²) in [6.07, 6.45) is -2.69. The Balaban J connectivity index is 1.97. The summed E-state index contributed by atoms with van der Waals surface area (Å²) in [5.74, 6) is 1.27. The average molecular weight is 571 g/mol. The molecule has 0 N–H and O–H groups in total. The zero-order valence-corrected chi connectivity index (χ0v) is 20.9. The molecule has 1 aromatic carbocycles. The van der Waals surface area contributed by atoms with E-state index in [4.69, 9.17) is 4.98 Å². The van der Waals surface area contributed by atoms with Gasteiger partial charge in [0.2, 0.25) is 0 Å². The number of aromatic nitrogens is 3. The van der Waals surface area contributed by atoms with E-state index in [1.807, 2.05) is 18.4 Å². The first-order valence-electron chi connectivity index (χ1n) is 10.1. The third kappa shape index (κ3) is 3.90. The van der Waals surface area contributed by atoms with Crippen molar-refractivity contribution < 1.29 is 13.2 Å². The molecule has 3 heterocycles. The zero-order valence-electron chi connectivity index (χ0n) is 17.7. The van der Waals surface area contributed by atoms with Gasteiger partial charge in [0, 0.05) is 27.7 Å². The van der Waals surface area contributed by atoms with Crippen molar-refractivity contribution in [3.05, 3.63) is 43.7 Å². The van der Waals surface area contributed by atoms with Gasteiger partial charge < -0.3 is 4.90 Å². The molecular formula is C22H20Br2F3N5. The molecule has 5 nitrogen and oxygen atoms in total. The number of anilines is 1. The predicted molar refractivity (Wildman–Crippen MR) is 124 cm³/mol. The van der Waals surface area contributed by atoms with Crippen LogP contribution >= 0.6 is 31.9 Å². The molecule has 32 heavy (non-hydrogen) atoms. The van der Waals surface area contributed by atoms with Crippen LogP contribution in [0.3, 0.4) is 0 Å². The maximum absolute atomic E-state index is 13.3. The summed E-state index contributed by atoms with van der Waals surface area (Å²) in [6, 6.07) is 4.52. The van der Waals surface area contributed by atoms with Crippen molar-refractivity contribution >= 4 is 48.7 Å². The van der Waals surface area contributed by atoms with E-state index in [1.54, 1.807) is 6.92 Å². The van der Waals surface area contributed by atoms with E-state index in [9.17, 15) is 18.4 Å². The molecule has 0 saturated carbocycles. The maximum atomic E-state index is 13.3. The van der Waals surface area contributed by atoms with Gasteiger partial charge in [0.05, 0.1) is 28.6 Å². The van der Waals surface area contributed by atoms with Gasteiger partial charge >= 0.3 is 6.18 Å². The van der Waals surface area contributed by atoms with Gasteiger partial charge in [-0.3, -0.25) is 4.57 Å². The van der Waals surface area contributed by atoms with Crippen molar-refractivity contribution in [2.45, 2.75) is 39.8 Å². The van der Waals surface area contributed by atoms with E-state index in [-0.39, 0.29) is 5.92 Å². The minimum absolute atomic E-state index is 0.0595. The van der Waals surface area contributed by atoms with Crippen LogP contribution in [0.2, 0.25) is 0 Å². The number of alkyl halides is 3. The molecule has 4 rings (SSSR count). The number of hydrogen-bond acceptors (Lipinski definition) is 4. The summed E-state index contributed by atoms with van der Waals surface area (Å²) in [7, 11) is 0. The fraction of sp³-hybridized carbons (Fsp3) is 0.409. The lowest BCUT2D eigenvalue weighted by Gasteiger charge is -2.31. The molecule has 1 atom stereocenters. The van der Waals surface area contributed by atoms with Crippen molar-refractivity contribution in [1.29, 1.82) is 5.26 Å². The molecule has 1 saturated heterocycles. The monoisotopic (exact) mass is 569 g/mol. The summed E-state index contributed by atoms with van der Waals surface area (Å²) >= 11 is 6.69. The number of hydrogen-bond donors (Lipinski definition) is 0. The smallest absolute Gasteiger partial charge is 0.355 e. The first kappa shape index (κ1) is 23.1. The first-order valence-corrected chi connectivity index (χ1v) is 11.7. The summed E-state index contributed by atoms with van der Waals surface area (Å²) in [5, 5.41) is 10.3. The highest BCUT2D eigenvalue weighted by molar-refractivity contribution is 9.11. The quantitative estimate of drug-likeness (QED) is 0.347. The summed E-state index contributed by atoms with van der Waals surface area (Å²) in [4.78, 5) is 11.5. The van der Waals surface area contributed by atoms with Gasteiger partial charge in [0.25, 0.3) is 0 Å². The lowest BCUT2D eigenvalue weighted by Crippen LogP contribution is -2.35. The Labute approximate surface area is 200 Å². The lowest BCUT2D eigenvalue weighted by atomic mass is 9.99. The number of rotatable bonds is 2. The Morgan fingerprint density at radius 1 is 1.12 bits per heavy atom. The van der Waals surface area contributed by atoms with E-state index in [1.165, 1.54) is 0 Å². The summed E-state index contributed by atoms with van der Waals surface area (Å²) in [5.41, 5.74) is 2.24. The highest BCUT2D eigenvalue weighted by Crippen LogP contribution is 2.42. The molecule has 1 aliphatic rings. The van der Waals surface area contributed by atoms with Crippen molar-refractivity contribution in [2.24, 2.45) is 5.92 Å². The highest BCUT2D eigenvalue weighted by Gasteiger charge is 2.33. The molecule has 168 valence electrons. The Hall–Kier alpha value is -2.12. The molecule has 0 bridgehead atoms. The molecule has 1 aliphatic heterocycles. The van der Waals surface area contributed by atoms with E-state index in [0.717, 1.165) is 54.0 Å². The zero-order chi connectivity index (χ0) is 23.4. The largest absolute Gasteiger partial charge is 0.416 e. The molecule has 1 fully saturated rings. The van der Waals surface area contributed by atoms with Gasteiger partial charge in [-0.25, -0.2) is 9.97 Å². The Morgan fingerprint density at radius 2 is 1.78 bits per heavy atom. The molecule has 10 heteroatoms. The molecule has 0 spiro atoms. The fourth-order valence-corrected chi connectivity index (χ4v) is 5.81. The molecule has 2 aromatic heterocycles. The van der Waals surface area contributed by atoms with E-state index >= 15 is 0 Å². The van der Waals surface area contributed by atoms with Gasteiger partial charge in [0.1, 0.15) is 11.6 Å². The van der Waals surface area contributed by atoms with Crippen LogP contribution in [0, 0.1) is 38.0 Å². The van der Waals surface area contributed by atoms with Crippen LogP contribution in [0.25, 0.3) is 16.7 Å². The van der Waals surface area contributed by atoms with Crippen molar-refractivity contribution in [2.75, 3.05) is 18.0 Å². The van der Waals surface area contributed by atoms with E-state index in [0.29, 0.717) is 32.6 Å². The Morgan fingerprint density at radius 3 is 2.38 bits per heavy atom. The van der Waals surface area contributed by atoms with Crippen LogP contribution in [-0.4, -0.2) is 27.6 Å². The van der Waals surface area contributed by atoms with Crippen molar-refractivity contribution in [3.8, 4) is 11.8 Å². The van der Waals surface area contributed by atoms with Crippen LogP contribution < -0.4 is 4.90 Å². The van der Waals surface area contributed by atoms with E-state index in [2.05, 4.69) is 47.8 Å². The van der Waals surface area contributed by atoms with Gasteiger partial charge in [-0.1, -0.05) is 0 Å². The minimum Gasteiger partial charge on any atom is -0.355 e. The van der Waals surface area contributed by atoms with E-state index < -0.39 is 11.7 Å². The van der Waals surface area contributed by atoms with Crippen LogP contribution in [-0.2, 0) is 6.18 Å². The lowest BCUT2D eigenvalue weighted by molar-refractivity contribution is -0.137. The Kier molecular flexibility index (Phi) is 6.01. The van der Waals surface area contributed by atoms with Crippen LogP contribution in [0.4, 0.5) is 19.0 Å². The number of nitrogens with zero attached hydrogens (tertiary/aromatic N) is 5. The normalized spacial score (nSPS) is 17.1. The van der Waals surface area contributed by atoms with Gasteiger partial charge in [-0.05, 0) is 83.2 Å². The number of halogens is 5. The van der Waals surface area contributed by atoms with Crippen molar-refractivity contribution in [3.63, 3.8) is 0 Å². The minimum atomic E-state index is -4.45. The molecule has 0 amide bonds. The second kappa shape index (κ2) is 8.34. The molecule has 3 aromatic rings. The second-order valence-electron chi connectivity index (χ2n) is 8.04. The third-order valence-corrected chi connectivity index (χ3v) is 7.13. The summed E-state index contributed by atoms with van der Waals surface area (Å²) in [6.45, 7) is 7.07. The number of aryl methyl sites for hydroxylation is 2. The SMILES string of the molecule is Cc1nc(N2CCCC(C#N)C2)c2c(C)c(C)n(-c3c(Br)cc(C(F)(F)F)cc3Br)c2n1.